The van der Waals surface area contributed by atoms with E-state index in [1.165, 1.54) is 12.3 Å². The first-order chi connectivity index (χ1) is 7.08. The molecule has 1 aromatic heterocycles. The Morgan fingerprint density at radius 2 is 2.40 bits per heavy atom. The van der Waals surface area contributed by atoms with Gasteiger partial charge in [0.15, 0.2) is 0 Å². The minimum Gasteiger partial charge on any atom is -0.364 e. The van der Waals surface area contributed by atoms with Crippen molar-refractivity contribution in [2.24, 2.45) is 5.73 Å². The van der Waals surface area contributed by atoms with Gasteiger partial charge >= 0.3 is 0 Å². The van der Waals surface area contributed by atoms with Crippen molar-refractivity contribution in [3.05, 3.63) is 27.4 Å². The second kappa shape index (κ2) is 3.63. The minimum atomic E-state index is -0.536. The monoisotopic (exact) mass is 228 g/mol. The number of nitrogens with two attached hydrogens (primary N) is 1. The summed E-state index contributed by atoms with van der Waals surface area (Å²) in [4.78, 5) is 13.8. The van der Waals surface area contributed by atoms with E-state index in [2.05, 4.69) is 10.3 Å². The Balaban J connectivity index is 2.15. The van der Waals surface area contributed by atoms with Crippen LogP contribution in [0.15, 0.2) is 12.3 Å². The number of pyridine rings is 1. The van der Waals surface area contributed by atoms with Crippen LogP contribution in [0.2, 0.25) is 5.02 Å². The fraction of sp³-hybridized carbons (Fsp3) is 0.375. The van der Waals surface area contributed by atoms with Gasteiger partial charge in [0.2, 0.25) is 0 Å². The number of nitrogens with one attached hydrogen (secondary N) is 1. The predicted molar refractivity (Wildman–Crippen MR) is 55.9 cm³/mol. The largest absolute Gasteiger partial charge is 0.364 e. The van der Waals surface area contributed by atoms with Crippen LogP contribution in [-0.2, 0) is 0 Å². The van der Waals surface area contributed by atoms with Gasteiger partial charge in [-0.05, 0) is 6.42 Å². The molecular formula is C8H9ClN4O2. The highest BCUT2D eigenvalue weighted by molar-refractivity contribution is 6.33. The maximum Gasteiger partial charge on any atom is 0.289 e. The molecule has 1 aliphatic rings. The first-order valence-corrected chi connectivity index (χ1v) is 4.78. The molecule has 1 heterocycles. The van der Waals surface area contributed by atoms with Gasteiger partial charge in [0, 0.05) is 18.2 Å². The molecule has 1 saturated carbocycles. The summed E-state index contributed by atoms with van der Waals surface area (Å²) in [7, 11) is 0. The predicted octanol–water partition coefficient (Wildman–Crippen LogP) is 1.15. The van der Waals surface area contributed by atoms with Crippen LogP contribution >= 0.6 is 11.6 Å². The van der Waals surface area contributed by atoms with E-state index < -0.39 is 4.92 Å². The van der Waals surface area contributed by atoms with E-state index >= 15 is 0 Å². The lowest BCUT2D eigenvalue weighted by Crippen LogP contribution is -2.14. The van der Waals surface area contributed by atoms with E-state index in [1.807, 2.05) is 0 Å². The molecule has 0 aromatic carbocycles. The van der Waals surface area contributed by atoms with Gasteiger partial charge in [0.1, 0.15) is 12.0 Å². The Kier molecular flexibility index (Phi) is 2.45. The smallest absolute Gasteiger partial charge is 0.289 e. The third kappa shape index (κ3) is 2.16. The van der Waals surface area contributed by atoms with Crippen LogP contribution in [-0.4, -0.2) is 22.0 Å². The molecule has 1 aliphatic carbocycles. The summed E-state index contributed by atoms with van der Waals surface area (Å²) in [6.07, 6.45) is 2.04. The maximum atomic E-state index is 10.4. The van der Waals surface area contributed by atoms with Gasteiger partial charge in [0.05, 0.1) is 9.95 Å². The van der Waals surface area contributed by atoms with Crippen molar-refractivity contribution in [2.45, 2.75) is 18.5 Å². The van der Waals surface area contributed by atoms with Crippen LogP contribution in [0.25, 0.3) is 0 Å². The van der Waals surface area contributed by atoms with Crippen LogP contribution in [0.3, 0.4) is 0 Å². The molecule has 2 unspecified atom stereocenters. The number of nitrogens with zero attached hydrogens (tertiary/aromatic N) is 2. The third-order valence-electron chi connectivity index (χ3n) is 2.20. The Morgan fingerprint density at radius 1 is 1.73 bits per heavy atom. The average molecular weight is 229 g/mol. The van der Waals surface area contributed by atoms with Gasteiger partial charge in [0.25, 0.3) is 5.69 Å². The first kappa shape index (κ1) is 10.1. The van der Waals surface area contributed by atoms with E-state index in [0.29, 0.717) is 5.82 Å². The molecule has 0 amide bonds. The summed E-state index contributed by atoms with van der Waals surface area (Å²) in [6, 6.07) is 1.57. The zero-order valence-electron chi connectivity index (χ0n) is 7.68. The van der Waals surface area contributed by atoms with E-state index in [1.54, 1.807) is 0 Å². The second-order valence-electron chi connectivity index (χ2n) is 3.43. The Bertz CT molecular complexity index is 412. The maximum absolute atomic E-state index is 10.4. The molecule has 2 rings (SSSR count). The fourth-order valence-corrected chi connectivity index (χ4v) is 1.41. The molecule has 1 fully saturated rings. The number of halogens is 1. The number of rotatable bonds is 3. The normalized spacial score (nSPS) is 23.6. The number of nitro groups is 1. The molecule has 2 atom stereocenters. The number of hydrogen-bond acceptors (Lipinski definition) is 5. The standard InChI is InChI=1S/C8H9ClN4O2/c9-5-1-4(13(14)15)3-11-8(5)12-7-2-6(7)10/h1,3,6-7H,2,10H2,(H,11,12). The van der Waals surface area contributed by atoms with Gasteiger partial charge in [-0.3, -0.25) is 10.1 Å². The summed E-state index contributed by atoms with van der Waals surface area (Å²) in [5.41, 5.74) is 5.48. The minimum absolute atomic E-state index is 0.120. The van der Waals surface area contributed by atoms with Crippen molar-refractivity contribution in [2.75, 3.05) is 5.32 Å². The van der Waals surface area contributed by atoms with Gasteiger partial charge < -0.3 is 11.1 Å². The summed E-state index contributed by atoms with van der Waals surface area (Å²) >= 11 is 5.82. The molecule has 0 saturated heterocycles. The molecule has 0 radical (unpaired) electrons. The molecule has 15 heavy (non-hydrogen) atoms. The first-order valence-electron chi connectivity index (χ1n) is 4.40. The highest BCUT2D eigenvalue weighted by atomic mass is 35.5. The van der Waals surface area contributed by atoms with Crippen molar-refractivity contribution >= 4 is 23.1 Å². The van der Waals surface area contributed by atoms with Crippen LogP contribution in [0.4, 0.5) is 11.5 Å². The molecule has 0 aliphatic heterocycles. The van der Waals surface area contributed by atoms with Crippen molar-refractivity contribution < 1.29 is 4.92 Å². The molecule has 80 valence electrons. The molecule has 6 nitrogen and oxygen atoms in total. The summed E-state index contributed by atoms with van der Waals surface area (Å²) in [6.45, 7) is 0. The zero-order chi connectivity index (χ0) is 11.0. The lowest BCUT2D eigenvalue weighted by molar-refractivity contribution is -0.385. The molecule has 0 spiro atoms. The van der Waals surface area contributed by atoms with Crippen molar-refractivity contribution in [3.8, 4) is 0 Å². The lowest BCUT2D eigenvalue weighted by Gasteiger charge is -2.05. The summed E-state index contributed by atoms with van der Waals surface area (Å²) in [5, 5.41) is 13.7. The SMILES string of the molecule is NC1CC1Nc1ncc([N+](=O)[O-])cc1Cl. The van der Waals surface area contributed by atoms with Crippen LogP contribution in [0.1, 0.15) is 6.42 Å². The zero-order valence-corrected chi connectivity index (χ0v) is 8.44. The number of anilines is 1. The Hall–Kier alpha value is -1.40. The molecule has 3 N–H and O–H groups in total. The van der Waals surface area contributed by atoms with Crippen LogP contribution < -0.4 is 11.1 Å². The topological polar surface area (TPSA) is 94.1 Å². The Morgan fingerprint density at radius 3 is 2.87 bits per heavy atom. The highest BCUT2D eigenvalue weighted by Gasteiger charge is 2.34. The van der Waals surface area contributed by atoms with Crippen molar-refractivity contribution in [1.29, 1.82) is 0 Å². The van der Waals surface area contributed by atoms with E-state index in [0.717, 1.165) is 6.42 Å². The Labute approximate surface area is 90.6 Å². The lowest BCUT2D eigenvalue weighted by atomic mass is 10.4. The van der Waals surface area contributed by atoms with Crippen molar-refractivity contribution in [1.82, 2.24) is 4.98 Å². The van der Waals surface area contributed by atoms with E-state index in [9.17, 15) is 10.1 Å². The van der Waals surface area contributed by atoms with Gasteiger partial charge in [-0.25, -0.2) is 4.98 Å². The van der Waals surface area contributed by atoms with Gasteiger partial charge in [-0.15, -0.1) is 0 Å². The summed E-state index contributed by atoms with van der Waals surface area (Å²) in [5.74, 6) is 0.445. The molecular weight excluding hydrogens is 220 g/mol. The number of hydrogen-bond donors (Lipinski definition) is 2. The number of aromatic nitrogens is 1. The molecule has 1 aromatic rings. The van der Waals surface area contributed by atoms with Crippen molar-refractivity contribution in [3.63, 3.8) is 0 Å². The van der Waals surface area contributed by atoms with E-state index in [4.69, 9.17) is 17.3 Å². The third-order valence-corrected chi connectivity index (χ3v) is 2.49. The fourth-order valence-electron chi connectivity index (χ4n) is 1.19. The second-order valence-corrected chi connectivity index (χ2v) is 3.84. The molecule has 0 bridgehead atoms. The van der Waals surface area contributed by atoms with Gasteiger partial charge in [-0.1, -0.05) is 11.6 Å². The molecule has 7 heteroatoms. The van der Waals surface area contributed by atoms with Crippen LogP contribution in [0, 0.1) is 10.1 Å². The highest BCUT2D eigenvalue weighted by Crippen LogP contribution is 2.29. The van der Waals surface area contributed by atoms with Gasteiger partial charge in [-0.2, -0.15) is 0 Å². The average Bonchev–Trinajstić information content (AvgIpc) is 2.85. The summed E-state index contributed by atoms with van der Waals surface area (Å²) < 4.78 is 0. The van der Waals surface area contributed by atoms with Crippen LogP contribution in [0.5, 0.6) is 0 Å². The quantitative estimate of drug-likeness (QED) is 0.598. The van der Waals surface area contributed by atoms with E-state index in [-0.39, 0.29) is 22.8 Å².